The Morgan fingerprint density at radius 2 is 1.84 bits per heavy atom. The van der Waals surface area contributed by atoms with Crippen LogP contribution in [0.15, 0.2) is 98.3 Å². The first-order valence-electron chi connectivity index (χ1n) is 13.6. The van der Waals surface area contributed by atoms with Gasteiger partial charge in [-0.15, -0.1) is 0 Å². The number of rotatable bonds is 2. The van der Waals surface area contributed by atoms with Crippen molar-refractivity contribution in [3.63, 3.8) is 0 Å². The van der Waals surface area contributed by atoms with E-state index in [1.807, 2.05) is 12.1 Å². The number of fused-ring (bicyclic) bond motifs is 9. The van der Waals surface area contributed by atoms with Gasteiger partial charge in [0.2, 0.25) is 0 Å². The van der Waals surface area contributed by atoms with E-state index in [2.05, 4.69) is 78.0 Å². The van der Waals surface area contributed by atoms with Crippen LogP contribution in [0.5, 0.6) is 0 Å². The molecule has 4 nitrogen and oxygen atoms in total. The second kappa shape index (κ2) is 7.10. The SMILES string of the molecule is CC1=C(C2CC=C(C3=Cc4c(oc5cc6c(cc45)oc4ccccc46)C4CC34)CC2)NC2C=CC=CN12. The number of hydrogen-bond donors (Lipinski definition) is 1. The summed E-state index contributed by atoms with van der Waals surface area (Å²) in [5.74, 6) is 2.90. The monoisotopic (exact) mass is 484 g/mol. The molecule has 1 fully saturated rings. The fraction of sp³-hybridized carbons (Fsp3) is 0.273. The number of benzene rings is 2. The molecule has 1 N–H and O–H groups in total. The van der Waals surface area contributed by atoms with Crippen molar-refractivity contribution in [2.24, 2.45) is 11.8 Å². The third kappa shape index (κ3) is 2.79. The van der Waals surface area contributed by atoms with E-state index in [9.17, 15) is 0 Å². The van der Waals surface area contributed by atoms with Crippen LogP contribution in [0, 0.1) is 11.8 Å². The highest BCUT2D eigenvalue weighted by Crippen LogP contribution is 2.60. The molecule has 4 unspecified atom stereocenters. The molecule has 3 aliphatic carbocycles. The number of para-hydroxylation sites is 1. The topological polar surface area (TPSA) is 41.6 Å². The van der Waals surface area contributed by atoms with Crippen molar-refractivity contribution in [3.05, 3.63) is 101 Å². The molecule has 182 valence electrons. The van der Waals surface area contributed by atoms with Crippen LogP contribution in [0.1, 0.15) is 49.8 Å². The van der Waals surface area contributed by atoms with Crippen LogP contribution in [0.2, 0.25) is 0 Å². The molecule has 0 amide bonds. The van der Waals surface area contributed by atoms with Gasteiger partial charge in [0.1, 0.15) is 28.7 Å². The van der Waals surface area contributed by atoms with Gasteiger partial charge in [0.25, 0.3) is 0 Å². The Bertz CT molecular complexity index is 1810. The number of nitrogens with zero attached hydrogens (tertiary/aromatic N) is 1. The molecule has 5 aliphatic rings. The highest BCUT2D eigenvalue weighted by molar-refractivity contribution is 6.10. The average Bonchev–Trinajstić information content (AvgIpc) is 3.40. The summed E-state index contributed by atoms with van der Waals surface area (Å²) in [6.07, 6.45) is 18.6. The van der Waals surface area contributed by atoms with E-state index < -0.39 is 0 Å². The third-order valence-electron chi connectivity index (χ3n) is 9.30. The predicted molar refractivity (Wildman–Crippen MR) is 147 cm³/mol. The summed E-state index contributed by atoms with van der Waals surface area (Å²) in [4.78, 5) is 2.36. The lowest BCUT2D eigenvalue weighted by Gasteiger charge is -2.26. The molecular weight excluding hydrogens is 456 g/mol. The minimum Gasteiger partial charge on any atom is -0.460 e. The summed E-state index contributed by atoms with van der Waals surface area (Å²) in [6.45, 7) is 2.26. The summed E-state index contributed by atoms with van der Waals surface area (Å²) in [5, 5.41) is 7.26. The lowest BCUT2D eigenvalue weighted by Crippen LogP contribution is -2.33. The van der Waals surface area contributed by atoms with Gasteiger partial charge in [-0.2, -0.15) is 0 Å². The molecule has 4 heterocycles. The highest BCUT2D eigenvalue weighted by atomic mass is 16.3. The number of hydrogen-bond acceptors (Lipinski definition) is 4. The van der Waals surface area contributed by atoms with E-state index in [0.29, 0.717) is 17.8 Å². The predicted octanol–water partition coefficient (Wildman–Crippen LogP) is 8.11. The zero-order valence-corrected chi connectivity index (χ0v) is 20.8. The summed E-state index contributed by atoms with van der Waals surface area (Å²) in [7, 11) is 0. The first-order chi connectivity index (χ1) is 18.2. The molecule has 9 rings (SSSR count). The molecule has 2 aromatic carbocycles. The Morgan fingerprint density at radius 1 is 0.946 bits per heavy atom. The fourth-order valence-corrected chi connectivity index (χ4v) is 7.31. The van der Waals surface area contributed by atoms with E-state index >= 15 is 0 Å². The highest BCUT2D eigenvalue weighted by Gasteiger charge is 2.48. The normalized spacial score (nSPS) is 27.9. The minimum absolute atomic E-state index is 0.282. The summed E-state index contributed by atoms with van der Waals surface area (Å²) in [5.41, 5.74) is 10.1. The summed E-state index contributed by atoms with van der Waals surface area (Å²) < 4.78 is 12.7. The largest absolute Gasteiger partial charge is 0.460 e. The van der Waals surface area contributed by atoms with Crippen molar-refractivity contribution < 1.29 is 8.83 Å². The molecule has 2 aliphatic heterocycles. The van der Waals surface area contributed by atoms with E-state index in [4.69, 9.17) is 8.83 Å². The van der Waals surface area contributed by atoms with E-state index in [1.54, 1.807) is 11.1 Å². The number of furan rings is 2. The average molecular weight is 485 g/mol. The van der Waals surface area contributed by atoms with Gasteiger partial charge in [-0.25, -0.2) is 0 Å². The van der Waals surface area contributed by atoms with Gasteiger partial charge in [-0.3, -0.25) is 0 Å². The second-order valence-corrected chi connectivity index (χ2v) is 11.3. The Morgan fingerprint density at radius 3 is 2.73 bits per heavy atom. The van der Waals surface area contributed by atoms with Gasteiger partial charge in [-0.05, 0) is 86.1 Å². The molecule has 4 heteroatoms. The van der Waals surface area contributed by atoms with Gasteiger partial charge in [0.05, 0.1) is 0 Å². The van der Waals surface area contributed by atoms with Crippen molar-refractivity contribution >= 4 is 39.0 Å². The zero-order chi connectivity index (χ0) is 24.2. The first-order valence-corrected chi connectivity index (χ1v) is 13.6. The van der Waals surface area contributed by atoms with Gasteiger partial charge in [0, 0.05) is 51.2 Å². The number of nitrogens with one attached hydrogen (secondary N) is 1. The molecule has 0 spiro atoms. The minimum atomic E-state index is 0.282. The van der Waals surface area contributed by atoms with Crippen LogP contribution in [0.3, 0.4) is 0 Å². The van der Waals surface area contributed by atoms with Crippen molar-refractivity contribution in [2.75, 3.05) is 0 Å². The van der Waals surface area contributed by atoms with Gasteiger partial charge < -0.3 is 19.1 Å². The molecule has 0 bridgehead atoms. The van der Waals surface area contributed by atoms with Crippen molar-refractivity contribution in [3.8, 4) is 0 Å². The molecule has 4 aromatic rings. The molecule has 1 saturated carbocycles. The summed E-state index contributed by atoms with van der Waals surface area (Å²) >= 11 is 0. The van der Waals surface area contributed by atoms with Gasteiger partial charge in [-0.1, -0.05) is 30.4 Å². The maximum atomic E-state index is 6.51. The molecular formula is C33H28N2O2. The van der Waals surface area contributed by atoms with Gasteiger partial charge in [0.15, 0.2) is 0 Å². The van der Waals surface area contributed by atoms with Crippen LogP contribution >= 0.6 is 0 Å². The van der Waals surface area contributed by atoms with Crippen LogP contribution in [0.25, 0.3) is 39.0 Å². The van der Waals surface area contributed by atoms with Crippen molar-refractivity contribution in [2.45, 2.75) is 44.7 Å². The van der Waals surface area contributed by atoms with E-state index in [-0.39, 0.29) is 6.17 Å². The zero-order valence-electron chi connectivity index (χ0n) is 20.8. The molecule has 0 radical (unpaired) electrons. The van der Waals surface area contributed by atoms with Crippen molar-refractivity contribution in [1.82, 2.24) is 10.2 Å². The lowest BCUT2D eigenvalue weighted by molar-refractivity contribution is 0.396. The van der Waals surface area contributed by atoms with E-state index in [0.717, 1.165) is 40.4 Å². The standard InChI is InChI=1S/C33H28N2O2/c1-18-32(34-31-8-4-5-13-35(18)31)20-11-9-19(10-12-20)22-14-27-25-17-29-24(21-6-2-3-7-28(21)36-29)16-30(25)37-33(27)26-15-23(22)26/h2-9,13-14,16-17,20,23,26,31,34H,10-12,15H2,1H3. The Labute approximate surface area is 215 Å². The lowest BCUT2D eigenvalue weighted by atomic mass is 9.81. The Hall–Kier alpha value is -3.92. The number of allylic oxidation sites excluding steroid dienone is 7. The molecule has 4 atom stereocenters. The first kappa shape index (κ1) is 20.2. The smallest absolute Gasteiger partial charge is 0.136 e. The van der Waals surface area contributed by atoms with Crippen LogP contribution in [-0.2, 0) is 0 Å². The Kier molecular flexibility index (Phi) is 3.87. The van der Waals surface area contributed by atoms with Crippen molar-refractivity contribution in [1.29, 1.82) is 0 Å². The second-order valence-electron chi connectivity index (χ2n) is 11.3. The summed E-state index contributed by atoms with van der Waals surface area (Å²) in [6, 6.07) is 12.7. The van der Waals surface area contributed by atoms with Crippen LogP contribution < -0.4 is 5.32 Å². The van der Waals surface area contributed by atoms with Crippen LogP contribution in [-0.4, -0.2) is 11.1 Å². The molecule has 37 heavy (non-hydrogen) atoms. The van der Waals surface area contributed by atoms with E-state index in [1.165, 1.54) is 40.9 Å². The quantitative estimate of drug-likeness (QED) is 0.312. The third-order valence-corrected chi connectivity index (χ3v) is 9.30. The molecule has 2 aromatic heterocycles. The maximum Gasteiger partial charge on any atom is 0.136 e. The van der Waals surface area contributed by atoms with Crippen LogP contribution in [0.4, 0.5) is 0 Å². The van der Waals surface area contributed by atoms with Gasteiger partial charge >= 0.3 is 0 Å². The molecule has 0 saturated heterocycles. The Balaban J connectivity index is 1.07. The fourth-order valence-electron chi connectivity index (χ4n) is 7.31. The maximum absolute atomic E-state index is 6.51.